The summed E-state index contributed by atoms with van der Waals surface area (Å²) in [6.45, 7) is 0. The number of hydrogen-bond acceptors (Lipinski definition) is 3. The SMILES string of the molecule is COc1ccc2c(c1)Nc1ccccc1C(=O)N2. The molecule has 2 N–H and O–H groups in total. The van der Waals surface area contributed by atoms with Crippen LogP contribution in [0.2, 0.25) is 0 Å². The van der Waals surface area contributed by atoms with E-state index in [0.29, 0.717) is 5.56 Å². The molecule has 4 nitrogen and oxygen atoms in total. The zero-order chi connectivity index (χ0) is 12.5. The summed E-state index contributed by atoms with van der Waals surface area (Å²) in [5, 5.41) is 6.12. The van der Waals surface area contributed by atoms with Crippen molar-refractivity contribution in [3.8, 4) is 5.75 Å². The molecule has 1 amide bonds. The fraction of sp³-hybridized carbons (Fsp3) is 0.0714. The molecule has 0 fully saturated rings. The third-order valence-corrected chi connectivity index (χ3v) is 2.92. The minimum atomic E-state index is -0.109. The highest BCUT2D eigenvalue weighted by Crippen LogP contribution is 2.34. The molecule has 90 valence electrons. The predicted molar refractivity (Wildman–Crippen MR) is 70.7 cm³/mol. The Bertz CT molecular complexity index is 623. The van der Waals surface area contributed by atoms with Crippen molar-refractivity contribution in [3.63, 3.8) is 0 Å². The molecule has 18 heavy (non-hydrogen) atoms. The van der Waals surface area contributed by atoms with Crippen LogP contribution < -0.4 is 15.4 Å². The van der Waals surface area contributed by atoms with Gasteiger partial charge in [0.05, 0.1) is 29.7 Å². The summed E-state index contributed by atoms with van der Waals surface area (Å²) in [4.78, 5) is 12.0. The number of benzene rings is 2. The maximum absolute atomic E-state index is 12.0. The number of fused-ring (bicyclic) bond motifs is 2. The Morgan fingerprint density at radius 3 is 2.61 bits per heavy atom. The van der Waals surface area contributed by atoms with E-state index in [2.05, 4.69) is 10.6 Å². The van der Waals surface area contributed by atoms with Crippen molar-refractivity contribution in [1.29, 1.82) is 0 Å². The van der Waals surface area contributed by atoms with E-state index in [4.69, 9.17) is 4.74 Å². The second kappa shape index (κ2) is 4.07. The molecule has 1 aliphatic rings. The smallest absolute Gasteiger partial charge is 0.257 e. The van der Waals surface area contributed by atoms with Gasteiger partial charge in [-0.25, -0.2) is 0 Å². The maximum atomic E-state index is 12.0. The summed E-state index contributed by atoms with van der Waals surface area (Å²) in [6, 6.07) is 12.9. The Hall–Kier alpha value is -2.49. The lowest BCUT2D eigenvalue weighted by molar-refractivity contribution is 0.102. The van der Waals surface area contributed by atoms with Crippen LogP contribution in [0.3, 0.4) is 0 Å². The van der Waals surface area contributed by atoms with Crippen LogP contribution in [0.4, 0.5) is 17.1 Å². The largest absolute Gasteiger partial charge is 0.497 e. The van der Waals surface area contributed by atoms with Crippen molar-refractivity contribution in [2.45, 2.75) is 0 Å². The lowest BCUT2D eigenvalue weighted by Gasteiger charge is -2.10. The average Bonchev–Trinajstić information content (AvgIpc) is 2.54. The molecule has 0 spiro atoms. The van der Waals surface area contributed by atoms with Gasteiger partial charge in [0.15, 0.2) is 0 Å². The van der Waals surface area contributed by atoms with Gasteiger partial charge in [0, 0.05) is 6.07 Å². The van der Waals surface area contributed by atoms with E-state index in [0.717, 1.165) is 22.8 Å². The Morgan fingerprint density at radius 1 is 0.944 bits per heavy atom. The standard InChI is InChI=1S/C14H12N2O2/c1-18-9-6-7-12-13(8-9)15-11-5-3-2-4-10(11)14(17)16-12/h2-8,15H,1H3,(H,16,17). The molecule has 0 saturated heterocycles. The number of carbonyl (C=O) groups excluding carboxylic acids is 1. The fourth-order valence-corrected chi connectivity index (χ4v) is 1.99. The molecule has 3 rings (SSSR count). The molecule has 0 aromatic heterocycles. The minimum absolute atomic E-state index is 0.109. The van der Waals surface area contributed by atoms with Crippen molar-refractivity contribution in [3.05, 3.63) is 48.0 Å². The van der Waals surface area contributed by atoms with Crippen molar-refractivity contribution in [2.75, 3.05) is 17.7 Å². The zero-order valence-electron chi connectivity index (χ0n) is 9.86. The highest BCUT2D eigenvalue weighted by Gasteiger charge is 2.18. The van der Waals surface area contributed by atoms with E-state index in [1.807, 2.05) is 36.4 Å². The first-order chi connectivity index (χ1) is 8.78. The summed E-state index contributed by atoms with van der Waals surface area (Å²) >= 11 is 0. The Morgan fingerprint density at radius 2 is 1.78 bits per heavy atom. The molecule has 1 heterocycles. The summed E-state index contributed by atoms with van der Waals surface area (Å²) < 4.78 is 5.18. The highest BCUT2D eigenvalue weighted by molar-refractivity contribution is 6.12. The van der Waals surface area contributed by atoms with Crippen molar-refractivity contribution in [1.82, 2.24) is 0 Å². The van der Waals surface area contributed by atoms with Gasteiger partial charge in [-0.05, 0) is 24.3 Å². The van der Waals surface area contributed by atoms with Gasteiger partial charge in [0.1, 0.15) is 5.75 Å². The van der Waals surface area contributed by atoms with Gasteiger partial charge >= 0.3 is 0 Å². The van der Waals surface area contributed by atoms with Crippen LogP contribution in [0.1, 0.15) is 10.4 Å². The van der Waals surface area contributed by atoms with Crippen LogP contribution in [0.15, 0.2) is 42.5 Å². The topological polar surface area (TPSA) is 50.4 Å². The van der Waals surface area contributed by atoms with Gasteiger partial charge in [0.2, 0.25) is 0 Å². The minimum Gasteiger partial charge on any atom is -0.497 e. The fourth-order valence-electron chi connectivity index (χ4n) is 1.99. The lowest BCUT2D eigenvalue weighted by atomic mass is 10.1. The Labute approximate surface area is 105 Å². The normalized spacial score (nSPS) is 12.6. The quantitative estimate of drug-likeness (QED) is 0.805. The van der Waals surface area contributed by atoms with E-state index in [9.17, 15) is 4.79 Å². The van der Waals surface area contributed by atoms with Gasteiger partial charge in [-0.3, -0.25) is 4.79 Å². The van der Waals surface area contributed by atoms with Crippen LogP contribution >= 0.6 is 0 Å². The van der Waals surface area contributed by atoms with Crippen LogP contribution in [0, 0.1) is 0 Å². The molecule has 0 radical (unpaired) electrons. The third kappa shape index (κ3) is 1.68. The Kier molecular flexibility index (Phi) is 2.41. The number of nitrogens with one attached hydrogen (secondary N) is 2. The van der Waals surface area contributed by atoms with Crippen molar-refractivity contribution < 1.29 is 9.53 Å². The van der Waals surface area contributed by atoms with Crippen LogP contribution in [-0.2, 0) is 0 Å². The van der Waals surface area contributed by atoms with E-state index >= 15 is 0 Å². The molecule has 0 atom stereocenters. The van der Waals surface area contributed by atoms with Gasteiger partial charge in [-0.2, -0.15) is 0 Å². The zero-order valence-corrected chi connectivity index (χ0v) is 9.86. The summed E-state index contributed by atoms with van der Waals surface area (Å²) in [7, 11) is 1.62. The number of methoxy groups -OCH3 is 1. The third-order valence-electron chi connectivity index (χ3n) is 2.92. The molecule has 1 aliphatic heterocycles. The Balaban J connectivity index is 2.13. The number of para-hydroxylation sites is 1. The second-order valence-electron chi connectivity index (χ2n) is 4.04. The van der Waals surface area contributed by atoms with Crippen LogP contribution in [0.25, 0.3) is 0 Å². The first-order valence-corrected chi connectivity index (χ1v) is 5.63. The second-order valence-corrected chi connectivity index (χ2v) is 4.04. The molecular weight excluding hydrogens is 228 g/mol. The molecular formula is C14H12N2O2. The number of carbonyl (C=O) groups is 1. The predicted octanol–water partition coefficient (Wildman–Crippen LogP) is 3.00. The number of hydrogen-bond donors (Lipinski definition) is 2. The van der Waals surface area contributed by atoms with Gasteiger partial charge < -0.3 is 15.4 Å². The summed E-state index contributed by atoms with van der Waals surface area (Å²) in [5.41, 5.74) is 3.00. The van der Waals surface area contributed by atoms with E-state index in [-0.39, 0.29) is 5.91 Å². The average molecular weight is 240 g/mol. The molecule has 0 aliphatic carbocycles. The first-order valence-electron chi connectivity index (χ1n) is 5.63. The van der Waals surface area contributed by atoms with Gasteiger partial charge in [-0.1, -0.05) is 12.1 Å². The van der Waals surface area contributed by atoms with E-state index < -0.39 is 0 Å². The van der Waals surface area contributed by atoms with E-state index in [1.54, 1.807) is 13.2 Å². The van der Waals surface area contributed by atoms with Crippen LogP contribution in [0.5, 0.6) is 5.75 Å². The first kappa shape index (κ1) is 10.7. The molecule has 4 heteroatoms. The van der Waals surface area contributed by atoms with Crippen molar-refractivity contribution in [2.24, 2.45) is 0 Å². The number of ether oxygens (including phenoxy) is 1. The monoisotopic (exact) mass is 240 g/mol. The highest BCUT2D eigenvalue weighted by atomic mass is 16.5. The molecule has 2 aromatic rings. The van der Waals surface area contributed by atoms with Crippen LogP contribution in [-0.4, -0.2) is 13.0 Å². The summed E-state index contributed by atoms with van der Waals surface area (Å²) in [6.07, 6.45) is 0. The lowest BCUT2D eigenvalue weighted by Crippen LogP contribution is -2.10. The molecule has 0 unspecified atom stereocenters. The van der Waals surface area contributed by atoms with Crippen molar-refractivity contribution >= 4 is 23.0 Å². The number of rotatable bonds is 1. The number of amides is 1. The number of anilines is 3. The molecule has 0 saturated carbocycles. The van der Waals surface area contributed by atoms with E-state index in [1.165, 1.54) is 0 Å². The summed E-state index contributed by atoms with van der Waals surface area (Å²) in [5.74, 6) is 0.636. The maximum Gasteiger partial charge on any atom is 0.257 e. The molecule has 2 aromatic carbocycles. The molecule has 0 bridgehead atoms. The van der Waals surface area contributed by atoms with Gasteiger partial charge in [0.25, 0.3) is 5.91 Å². The van der Waals surface area contributed by atoms with Gasteiger partial charge in [-0.15, -0.1) is 0 Å².